The Morgan fingerprint density at radius 3 is 2.94 bits per heavy atom. The fourth-order valence-electron chi connectivity index (χ4n) is 4.56. The van der Waals surface area contributed by atoms with Gasteiger partial charge in [-0.25, -0.2) is 9.37 Å². The highest BCUT2D eigenvalue weighted by Crippen LogP contribution is 2.37. The highest BCUT2D eigenvalue weighted by molar-refractivity contribution is 7.19. The highest BCUT2D eigenvalue weighted by Gasteiger charge is 2.39. The molecule has 1 N–H and O–H groups in total. The number of hydrogen-bond donors (Lipinski definition) is 1. The van der Waals surface area contributed by atoms with E-state index in [-0.39, 0.29) is 17.3 Å². The number of carbonyl (C=O) groups excluding carboxylic acids is 1. The fourth-order valence-corrected chi connectivity index (χ4v) is 5.81. The molecule has 1 saturated heterocycles. The zero-order valence-corrected chi connectivity index (χ0v) is 20.5. The zero-order chi connectivity index (χ0) is 23.9. The largest absolute Gasteiger partial charge is 0.481 e. The molecule has 1 aromatic carbocycles. The number of likely N-dealkylation sites (N-methyl/N-ethyl adjacent to an activating group) is 1. The molecule has 6 nitrogen and oxygen atoms in total. The first-order chi connectivity index (χ1) is 16.3. The van der Waals surface area contributed by atoms with E-state index in [0.717, 1.165) is 70.1 Å². The van der Waals surface area contributed by atoms with Crippen LogP contribution in [0.15, 0.2) is 36.5 Å². The summed E-state index contributed by atoms with van der Waals surface area (Å²) in [7, 11) is 3.91. The number of hydrogen-bond acceptors (Lipinski definition) is 6. The summed E-state index contributed by atoms with van der Waals surface area (Å²) in [6.45, 7) is 5.25. The number of likely N-dealkylation sites (tertiary alicyclic amines) is 1. The van der Waals surface area contributed by atoms with Gasteiger partial charge in [0.2, 0.25) is 5.91 Å². The lowest BCUT2D eigenvalue weighted by Crippen LogP contribution is -2.53. The number of carbonyl (C=O) groups is 1. The second kappa shape index (κ2) is 9.00. The molecule has 0 radical (unpaired) electrons. The number of rotatable bonds is 4. The van der Waals surface area contributed by atoms with Crippen LogP contribution in [-0.4, -0.2) is 60.0 Å². The lowest BCUT2D eigenvalue weighted by atomic mass is 9.90. The van der Waals surface area contributed by atoms with Crippen molar-refractivity contribution in [3.05, 3.63) is 58.4 Å². The monoisotopic (exact) mass is 480 g/mol. The van der Waals surface area contributed by atoms with Crippen molar-refractivity contribution in [2.24, 2.45) is 0 Å². The number of ether oxygens (including phenoxy) is 1. The molecule has 178 valence electrons. The molecule has 0 saturated carbocycles. The number of aryl methyl sites for hydroxylation is 1. The van der Waals surface area contributed by atoms with Gasteiger partial charge in [0, 0.05) is 54.8 Å². The van der Waals surface area contributed by atoms with Gasteiger partial charge < -0.3 is 19.9 Å². The first kappa shape index (κ1) is 22.8. The van der Waals surface area contributed by atoms with Gasteiger partial charge in [-0.1, -0.05) is 0 Å². The van der Waals surface area contributed by atoms with Crippen LogP contribution in [0.3, 0.4) is 0 Å². The Labute approximate surface area is 203 Å². The average molecular weight is 481 g/mol. The molecule has 34 heavy (non-hydrogen) atoms. The van der Waals surface area contributed by atoms with Crippen LogP contribution in [0.5, 0.6) is 5.75 Å². The number of nitrogens with zero attached hydrogens (tertiary/aromatic N) is 3. The van der Waals surface area contributed by atoms with Gasteiger partial charge in [0.15, 0.2) is 11.6 Å². The fraction of sp³-hybridized carbons (Fsp3) is 0.385. The first-order valence-corrected chi connectivity index (χ1v) is 12.4. The Kier molecular flexibility index (Phi) is 6.04. The van der Waals surface area contributed by atoms with Gasteiger partial charge in [-0.3, -0.25) is 4.79 Å². The standard InChI is InChI=1S/C26H29FN4O2S/c1-17-20-13-19(27)5-6-22(20)34-23(17)15-31(3)24(32)7-4-18-12-21-25(28-14-18)29-16-26(33-21)8-10-30(2)11-9-26/h4-7,12-14H,8-11,15-16H2,1-3H3,(H,28,29). The van der Waals surface area contributed by atoms with E-state index in [1.54, 1.807) is 53.8 Å². The minimum absolute atomic E-state index is 0.105. The summed E-state index contributed by atoms with van der Waals surface area (Å²) in [4.78, 5) is 22.3. The van der Waals surface area contributed by atoms with Crippen LogP contribution in [-0.2, 0) is 11.3 Å². The van der Waals surface area contributed by atoms with E-state index in [2.05, 4.69) is 22.2 Å². The summed E-state index contributed by atoms with van der Waals surface area (Å²) < 4.78 is 21.1. The molecule has 1 amide bonds. The maximum absolute atomic E-state index is 13.6. The predicted molar refractivity (Wildman–Crippen MR) is 135 cm³/mol. The second-order valence-corrected chi connectivity index (χ2v) is 10.5. The van der Waals surface area contributed by atoms with Gasteiger partial charge >= 0.3 is 0 Å². The second-order valence-electron chi connectivity index (χ2n) is 9.38. The Hall–Kier alpha value is -2.97. The van der Waals surface area contributed by atoms with Gasteiger partial charge in [0.05, 0.1) is 13.1 Å². The van der Waals surface area contributed by atoms with E-state index in [1.165, 1.54) is 6.07 Å². The molecule has 2 aromatic heterocycles. The van der Waals surface area contributed by atoms with Crippen LogP contribution >= 0.6 is 11.3 Å². The summed E-state index contributed by atoms with van der Waals surface area (Å²) >= 11 is 1.60. The number of pyridine rings is 1. The molecular weight excluding hydrogens is 451 g/mol. The number of amides is 1. The number of halogens is 1. The van der Waals surface area contributed by atoms with Gasteiger partial charge in [0.1, 0.15) is 11.4 Å². The SMILES string of the molecule is Cc1c(CN(C)C(=O)C=Cc2cnc3c(c2)OC2(CCN(C)CC2)CN3)sc2ccc(F)cc12. The van der Waals surface area contributed by atoms with Crippen molar-refractivity contribution in [1.29, 1.82) is 0 Å². The number of thiophene rings is 1. The van der Waals surface area contributed by atoms with Gasteiger partial charge in [-0.05, 0) is 60.8 Å². The van der Waals surface area contributed by atoms with E-state index in [9.17, 15) is 9.18 Å². The zero-order valence-electron chi connectivity index (χ0n) is 19.7. The van der Waals surface area contributed by atoms with Crippen LogP contribution in [0.25, 0.3) is 16.2 Å². The molecular formula is C26H29FN4O2S. The lowest BCUT2D eigenvalue weighted by Gasteiger charge is -2.43. The lowest BCUT2D eigenvalue weighted by molar-refractivity contribution is -0.125. The molecule has 1 spiro atoms. The molecule has 0 atom stereocenters. The van der Waals surface area contributed by atoms with Gasteiger partial charge in [-0.2, -0.15) is 0 Å². The first-order valence-electron chi connectivity index (χ1n) is 11.5. The average Bonchev–Trinajstić information content (AvgIpc) is 3.13. The molecule has 8 heteroatoms. The molecule has 1 fully saturated rings. The minimum atomic E-state index is -0.244. The van der Waals surface area contributed by atoms with Gasteiger partial charge in [0.25, 0.3) is 0 Å². The summed E-state index contributed by atoms with van der Waals surface area (Å²) in [5.74, 6) is 1.15. The third kappa shape index (κ3) is 4.52. The number of aromatic nitrogens is 1. The summed E-state index contributed by atoms with van der Waals surface area (Å²) in [5.41, 5.74) is 1.65. The van der Waals surface area contributed by atoms with Crippen molar-refractivity contribution in [2.75, 3.05) is 39.0 Å². The molecule has 3 aromatic rings. The summed E-state index contributed by atoms with van der Waals surface area (Å²) in [6, 6.07) is 6.77. The van der Waals surface area contributed by atoms with E-state index < -0.39 is 0 Å². The number of anilines is 1. The number of benzene rings is 1. The Morgan fingerprint density at radius 2 is 2.15 bits per heavy atom. The molecule has 5 rings (SSSR count). The van der Waals surface area contributed by atoms with Crippen molar-refractivity contribution in [3.8, 4) is 5.75 Å². The third-order valence-corrected chi connectivity index (χ3v) is 8.11. The molecule has 0 bridgehead atoms. The van der Waals surface area contributed by atoms with Crippen molar-refractivity contribution in [3.63, 3.8) is 0 Å². The number of fused-ring (bicyclic) bond motifs is 2. The van der Waals surface area contributed by atoms with Crippen molar-refractivity contribution in [1.82, 2.24) is 14.8 Å². The Morgan fingerprint density at radius 1 is 1.35 bits per heavy atom. The van der Waals surface area contributed by atoms with Crippen LogP contribution in [0.4, 0.5) is 10.2 Å². The normalized spacial score (nSPS) is 17.5. The topological polar surface area (TPSA) is 57.7 Å². The Bertz CT molecular complexity index is 1260. The molecule has 0 aliphatic carbocycles. The molecule has 4 heterocycles. The quantitative estimate of drug-likeness (QED) is 0.550. The number of piperidine rings is 1. The van der Waals surface area contributed by atoms with Gasteiger partial charge in [-0.15, -0.1) is 11.3 Å². The van der Waals surface area contributed by atoms with Crippen molar-refractivity contribution >= 4 is 39.2 Å². The van der Waals surface area contributed by atoms with Crippen LogP contribution in [0, 0.1) is 12.7 Å². The van der Waals surface area contributed by atoms with Crippen LogP contribution < -0.4 is 10.1 Å². The maximum Gasteiger partial charge on any atom is 0.246 e. The van der Waals surface area contributed by atoms with E-state index in [1.807, 2.05) is 13.0 Å². The Balaban J connectivity index is 1.26. The predicted octanol–water partition coefficient (Wildman–Crippen LogP) is 4.68. The van der Waals surface area contributed by atoms with Crippen LogP contribution in [0.1, 0.15) is 28.8 Å². The number of nitrogens with one attached hydrogen (secondary N) is 1. The molecule has 0 unspecified atom stereocenters. The maximum atomic E-state index is 13.6. The van der Waals surface area contributed by atoms with E-state index in [0.29, 0.717) is 6.54 Å². The third-order valence-electron chi connectivity index (χ3n) is 6.85. The van der Waals surface area contributed by atoms with Crippen LogP contribution in [0.2, 0.25) is 0 Å². The highest BCUT2D eigenvalue weighted by atomic mass is 32.1. The minimum Gasteiger partial charge on any atom is -0.481 e. The van der Waals surface area contributed by atoms with Crippen molar-refractivity contribution < 1.29 is 13.9 Å². The summed E-state index contributed by atoms with van der Waals surface area (Å²) in [5, 5.41) is 4.33. The molecule has 2 aliphatic rings. The van der Waals surface area contributed by atoms with E-state index in [4.69, 9.17) is 4.74 Å². The van der Waals surface area contributed by atoms with Crippen molar-refractivity contribution in [2.45, 2.75) is 31.9 Å². The summed E-state index contributed by atoms with van der Waals surface area (Å²) in [6.07, 6.45) is 7.04. The smallest absolute Gasteiger partial charge is 0.246 e. The van der Waals surface area contributed by atoms with E-state index >= 15 is 0 Å². The molecule has 2 aliphatic heterocycles.